The van der Waals surface area contributed by atoms with E-state index < -0.39 is 18.3 Å². The number of nitrogens with zero attached hydrogens (tertiary/aromatic N) is 1. The number of ether oxygens (including phenoxy) is 1. The van der Waals surface area contributed by atoms with E-state index >= 15 is 0 Å². The van der Waals surface area contributed by atoms with Gasteiger partial charge in [0.2, 0.25) is 0 Å². The van der Waals surface area contributed by atoms with Crippen LogP contribution in [0.5, 0.6) is 0 Å². The van der Waals surface area contributed by atoms with Crippen molar-refractivity contribution in [3.05, 3.63) is 35.9 Å². The minimum Gasteiger partial charge on any atom is -0.465 e. The molecule has 0 spiro atoms. The second-order valence-electron chi connectivity index (χ2n) is 5.29. The van der Waals surface area contributed by atoms with Gasteiger partial charge in [-0.2, -0.15) is 0 Å². The smallest absolute Gasteiger partial charge is 0.407 e. The van der Waals surface area contributed by atoms with Gasteiger partial charge in [-0.3, -0.25) is 0 Å². The van der Waals surface area contributed by atoms with Crippen LogP contribution in [0.3, 0.4) is 0 Å². The van der Waals surface area contributed by atoms with Crippen LogP contribution in [0.25, 0.3) is 0 Å². The van der Waals surface area contributed by atoms with Crippen molar-refractivity contribution in [3.63, 3.8) is 0 Å². The maximum absolute atomic E-state index is 11.6. The van der Waals surface area contributed by atoms with Gasteiger partial charge in [0.1, 0.15) is 6.61 Å². The number of alkyl carbamates (subject to hydrolysis) is 1. The molecule has 1 aromatic carbocycles. The van der Waals surface area contributed by atoms with Crippen molar-refractivity contribution in [2.75, 3.05) is 19.6 Å². The summed E-state index contributed by atoms with van der Waals surface area (Å²) in [5.41, 5.74) is 0.896. The molecule has 3 N–H and O–H groups in total. The molecule has 0 aliphatic carbocycles. The van der Waals surface area contributed by atoms with Gasteiger partial charge in [-0.25, -0.2) is 9.59 Å². The minimum atomic E-state index is -1.03. The van der Waals surface area contributed by atoms with Gasteiger partial charge in [0.05, 0.1) is 12.6 Å². The van der Waals surface area contributed by atoms with E-state index in [1.807, 2.05) is 30.3 Å². The summed E-state index contributed by atoms with van der Waals surface area (Å²) in [6.45, 7) is 0.882. The van der Waals surface area contributed by atoms with Gasteiger partial charge >= 0.3 is 12.2 Å². The average molecular weight is 308 g/mol. The van der Waals surface area contributed by atoms with E-state index in [-0.39, 0.29) is 25.6 Å². The number of hydrogen-bond acceptors (Lipinski definition) is 4. The van der Waals surface area contributed by atoms with E-state index in [0.717, 1.165) is 5.56 Å². The number of likely N-dealkylation sites (tertiary alicyclic amines) is 1. The van der Waals surface area contributed by atoms with Gasteiger partial charge in [-0.15, -0.1) is 0 Å². The molecule has 2 amide bonds. The van der Waals surface area contributed by atoms with Gasteiger partial charge in [-0.1, -0.05) is 30.3 Å². The van der Waals surface area contributed by atoms with Crippen LogP contribution in [0.2, 0.25) is 0 Å². The summed E-state index contributed by atoms with van der Waals surface area (Å²) in [5, 5.41) is 21.4. The lowest BCUT2D eigenvalue weighted by molar-refractivity contribution is 0.0244. The van der Waals surface area contributed by atoms with Crippen LogP contribution < -0.4 is 5.32 Å². The summed E-state index contributed by atoms with van der Waals surface area (Å²) in [7, 11) is 0. The Bertz CT molecular complexity index is 508. The fourth-order valence-corrected chi connectivity index (χ4v) is 2.38. The first-order valence-electron chi connectivity index (χ1n) is 7.16. The molecule has 0 aromatic heterocycles. The lowest BCUT2D eigenvalue weighted by Crippen LogP contribution is -2.49. The van der Waals surface area contributed by atoms with Gasteiger partial charge in [0.15, 0.2) is 0 Å². The van der Waals surface area contributed by atoms with Crippen molar-refractivity contribution < 1.29 is 24.5 Å². The first-order valence-corrected chi connectivity index (χ1v) is 7.16. The van der Waals surface area contributed by atoms with Crippen LogP contribution in [-0.2, 0) is 11.3 Å². The molecule has 2 atom stereocenters. The maximum Gasteiger partial charge on any atom is 0.407 e. The number of amides is 2. The highest BCUT2D eigenvalue weighted by Crippen LogP contribution is 2.17. The fourth-order valence-electron chi connectivity index (χ4n) is 2.38. The zero-order valence-corrected chi connectivity index (χ0v) is 12.1. The molecule has 1 aromatic rings. The molecular formula is C15H20N2O5. The Labute approximate surface area is 128 Å². The average Bonchev–Trinajstić information content (AvgIpc) is 2.52. The van der Waals surface area contributed by atoms with Gasteiger partial charge < -0.3 is 25.2 Å². The summed E-state index contributed by atoms with van der Waals surface area (Å²) in [4.78, 5) is 23.6. The predicted molar refractivity (Wildman–Crippen MR) is 78.3 cm³/mol. The third kappa shape index (κ3) is 4.63. The number of aliphatic hydroxyl groups excluding tert-OH is 1. The number of carboxylic acid groups (broad SMARTS) is 1. The number of nitrogens with one attached hydrogen (secondary N) is 1. The number of carbonyl (C=O) groups is 2. The molecule has 1 fully saturated rings. The van der Waals surface area contributed by atoms with Crippen LogP contribution in [0.1, 0.15) is 12.0 Å². The van der Waals surface area contributed by atoms with Crippen LogP contribution >= 0.6 is 0 Å². The largest absolute Gasteiger partial charge is 0.465 e. The van der Waals surface area contributed by atoms with Crippen molar-refractivity contribution >= 4 is 12.2 Å². The van der Waals surface area contributed by atoms with E-state index in [1.54, 1.807) is 0 Å². The molecule has 2 rings (SSSR count). The van der Waals surface area contributed by atoms with E-state index in [4.69, 9.17) is 9.84 Å². The molecule has 22 heavy (non-hydrogen) atoms. The SMILES string of the molecule is O=C(NC[C@H]1CCN(C(=O)O)C[C@@H]1O)OCc1ccccc1. The highest BCUT2D eigenvalue weighted by atomic mass is 16.5. The zero-order chi connectivity index (χ0) is 15.9. The van der Waals surface area contributed by atoms with Crippen LogP contribution in [-0.4, -0.2) is 53.0 Å². The molecule has 1 aliphatic rings. The Balaban J connectivity index is 1.69. The third-order valence-corrected chi connectivity index (χ3v) is 3.71. The molecular weight excluding hydrogens is 288 g/mol. The van der Waals surface area contributed by atoms with E-state index in [9.17, 15) is 14.7 Å². The highest BCUT2D eigenvalue weighted by molar-refractivity contribution is 5.67. The Morgan fingerprint density at radius 3 is 2.68 bits per heavy atom. The maximum atomic E-state index is 11.6. The van der Waals surface area contributed by atoms with Crippen LogP contribution in [0, 0.1) is 5.92 Å². The van der Waals surface area contributed by atoms with Gasteiger partial charge in [-0.05, 0) is 12.0 Å². The van der Waals surface area contributed by atoms with Gasteiger partial charge in [0, 0.05) is 19.0 Å². The molecule has 0 bridgehead atoms. The molecule has 0 unspecified atom stereocenters. The van der Waals surface area contributed by atoms with Crippen molar-refractivity contribution in [2.24, 2.45) is 5.92 Å². The van der Waals surface area contributed by atoms with E-state index in [2.05, 4.69) is 5.32 Å². The monoisotopic (exact) mass is 308 g/mol. The summed E-state index contributed by atoms with van der Waals surface area (Å²) in [6.07, 6.45) is -1.85. The number of rotatable bonds is 4. The van der Waals surface area contributed by atoms with Crippen molar-refractivity contribution in [2.45, 2.75) is 19.1 Å². The summed E-state index contributed by atoms with van der Waals surface area (Å²) in [5.74, 6) is -0.167. The third-order valence-electron chi connectivity index (χ3n) is 3.71. The highest BCUT2D eigenvalue weighted by Gasteiger charge is 2.30. The van der Waals surface area contributed by atoms with Crippen molar-refractivity contribution in [1.29, 1.82) is 0 Å². The predicted octanol–water partition coefficient (Wildman–Crippen LogP) is 1.27. The van der Waals surface area contributed by atoms with Crippen molar-refractivity contribution in [1.82, 2.24) is 10.2 Å². The number of piperidine rings is 1. The zero-order valence-electron chi connectivity index (χ0n) is 12.1. The summed E-state index contributed by atoms with van der Waals surface area (Å²) in [6, 6.07) is 9.33. The Hall–Kier alpha value is -2.28. The lowest BCUT2D eigenvalue weighted by Gasteiger charge is -2.34. The first kappa shape index (κ1) is 16.1. The molecule has 7 nitrogen and oxygen atoms in total. The fraction of sp³-hybridized carbons (Fsp3) is 0.467. The number of hydrogen-bond donors (Lipinski definition) is 3. The number of β-amino-alcohol motifs (C(OH)–C–C–N with tert-alkyl or cyclic N) is 1. The van der Waals surface area contributed by atoms with E-state index in [1.165, 1.54) is 4.90 Å². The quantitative estimate of drug-likeness (QED) is 0.778. The number of benzene rings is 1. The molecule has 1 aliphatic heterocycles. The molecule has 1 heterocycles. The van der Waals surface area contributed by atoms with Gasteiger partial charge in [0.25, 0.3) is 0 Å². The summed E-state index contributed by atoms with van der Waals surface area (Å²) >= 11 is 0. The molecule has 1 saturated heterocycles. The Morgan fingerprint density at radius 2 is 2.05 bits per heavy atom. The topological polar surface area (TPSA) is 99.1 Å². The van der Waals surface area contributed by atoms with Crippen molar-refractivity contribution in [3.8, 4) is 0 Å². The van der Waals surface area contributed by atoms with E-state index in [0.29, 0.717) is 13.0 Å². The second-order valence-corrected chi connectivity index (χ2v) is 5.29. The molecule has 0 radical (unpaired) electrons. The second kappa shape index (κ2) is 7.65. The molecule has 0 saturated carbocycles. The first-order chi connectivity index (χ1) is 10.6. The number of aliphatic hydroxyl groups is 1. The number of carbonyl (C=O) groups excluding carboxylic acids is 1. The standard InChI is InChI=1S/C15H20N2O5/c18-13-9-17(15(20)21)7-6-12(13)8-16-14(19)22-10-11-4-2-1-3-5-11/h1-5,12-13,18H,6-10H2,(H,16,19)(H,20,21)/t12-,13+/m1/s1. The molecule has 120 valence electrons. The van der Waals surface area contributed by atoms with Crippen LogP contribution in [0.4, 0.5) is 9.59 Å². The normalized spacial score (nSPS) is 21.2. The Kier molecular flexibility index (Phi) is 5.60. The minimum absolute atomic E-state index is 0.0702. The van der Waals surface area contributed by atoms with Crippen LogP contribution in [0.15, 0.2) is 30.3 Å². The Morgan fingerprint density at radius 1 is 1.32 bits per heavy atom. The summed E-state index contributed by atoms with van der Waals surface area (Å²) < 4.78 is 5.08. The molecule has 7 heteroatoms. The lowest BCUT2D eigenvalue weighted by atomic mass is 9.94.